The zero-order valence-electron chi connectivity index (χ0n) is 13.9. The maximum atomic E-state index is 11.4. The number of aromatic nitrogens is 1. The molecule has 0 bridgehead atoms. The van der Waals surface area contributed by atoms with Gasteiger partial charge in [-0.15, -0.1) is 0 Å². The summed E-state index contributed by atoms with van der Waals surface area (Å²) >= 11 is 0. The van der Waals surface area contributed by atoms with Crippen molar-refractivity contribution < 1.29 is 14.5 Å². The van der Waals surface area contributed by atoms with E-state index in [1.165, 1.54) is 19.1 Å². The quantitative estimate of drug-likeness (QED) is 0.393. The van der Waals surface area contributed by atoms with E-state index in [-0.39, 0.29) is 17.0 Å². The van der Waals surface area contributed by atoms with Crippen LogP contribution >= 0.6 is 0 Å². The molecule has 0 radical (unpaired) electrons. The van der Waals surface area contributed by atoms with E-state index in [0.29, 0.717) is 22.9 Å². The minimum absolute atomic E-state index is 0.168. The standard InChI is InChI=1S/C19H15N3O4/c1-13(23)14-5-6-18(19(11-14)22(24)25)21-15-3-2-4-17(12-15)26-16-7-9-20-10-8-16/h2-12,21H,1H3. The Hall–Kier alpha value is -3.74. The number of nitrogens with zero attached hydrogens (tertiary/aromatic N) is 2. The van der Waals surface area contributed by atoms with Gasteiger partial charge < -0.3 is 10.1 Å². The van der Waals surface area contributed by atoms with E-state index >= 15 is 0 Å². The Morgan fingerprint density at radius 1 is 1.08 bits per heavy atom. The van der Waals surface area contributed by atoms with Crippen molar-refractivity contribution in [3.63, 3.8) is 0 Å². The number of carbonyl (C=O) groups excluding carboxylic acids is 1. The first kappa shape index (κ1) is 17.1. The summed E-state index contributed by atoms with van der Waals surface area (Å²) in [7, 11) is 0. The SMILES string of the molecule is CC(=O)c1ccc(Nc2cccc(Oc3ccncc3)c2)c([N+](=O)[O-])c1. The molecule has 0 saturated carbocycles. The number of rotatable bonds is 6. The van der Waals surface area contributed by atoms with Gasteiger partial charge in [-0.25, -0.2) is 0 Å². The van der Waals surface area contributed by atoms with Gasteiger partial charge in [-0.05, 0) is 43.3 Å². The summed E-state index contributed by atoms with van der Waals surface area (Å²) in [6.45, 7) is 1.37. The van der Waals surface area contributed by atoms with Crippen LogP contribution in [-0.4, -0.2) is 15.7 Å². The fourth-order valence-corrected chi connectivity index (χ4v) is 2.34. The van der Waals surface area contributed by atoms with Gasteiger partial charge >= 0.3 is 0 Å². The Balaban J connectivity index is 1.86. The lowest BCUT2D eigenvalue weighted by atomic mass is 10.1. The van der Waals surface area contributed by atoms with Crippen LogP contribution in [0.2, 0.25) is 0 Å². The van der Waals surface area contributed by atoms with Crippen LogP contribution in [0.15, 0.2) is 67.0 Å². The van der Waals surface area contributed by atoms with Gasteiger partial charge in [0.25, 0.3) is 5.69 Å². The van der Waals surface area contributed by atoms with E-state index in [0.717, 1.165) is 0 Å². The van der Waals surface area contributed by atoms with E-state index in [1.54, 1.807) is 54.9 Å². The van der Waals surface area contributed by atoms with Crippen molar-refractivity contribution in [3.8, 4) is 11.5 Å². The van der Waals surface area contributed by atoms with Crippen LogP contribution < -0.4 is 10.1 Å². The highest BCUT2D eigenvalue weighted by Crippen LogP contribution is 2.31. The molecule has 0 spiro atoms. The van der Waals surface area contributed by atoms with Crippen molar-refractivity contribution >= 4 is 22.8 Å². The monoisotopic (exact) mass is 349 g/mol. The van der Waals surface area contributed by atoms with Crippen molar-refractivity contribution in [2.45, 2.75) is 6.92 Å². The molecule has 0 aliphatic heterocycles. The van der Waals surface area contributed by atoms with Crippen molar-refractivity contribution in [1.29, 1.82) is 0 Å². The molecule has 0 unspecified atom stereocenters. The number of ketones is 1. The number of ether oxygens (including phenoxy) is 1. The number of nitrogens with one attached hydrogen (secondary N) is 1. The van der Waals surface area contributed by atoms with E-state index in [9.17, 15) is 14.9 Å². The predicted octanol–water partition coefficient (Wildman–Crippen LogP) is 4.73. The van der Waals surface area contributed by atoms with Crippen molar-refractivity contribution in [1.82, 2.24) is 4.98 Å². The minimum Gasteiger partial charge on any atom is -0.457 e. The lowest BCUT2D eigenvalue weighted by Crippen LogP contribution is -2.00. The first-order valence-electron chi connectivity index (χ1n) is 7.77. The van der Waals surface area contributed by atoms with Crippen LogP contribution in [0.1, 0.15) is 17.3 Å². The summed E-state index contributed by atoms with van der Waals surface area (Å²) < 4.78 is 5.73. The zero-order valence-corrected chi connectivity index (χ0v) is 13.9. The predicted molar refractivity (Wildman–Crippen MR) is 97.1 cm³/mol. The van der Waals surface area contributed by atoms with E-state index in [4.69, 9.17) is 4.74 Å². The molecular formula is C19H15N3O4. The summed E-state index contributed by atoms with van der Waals surface area (Å²) in [5.74, 6) is 0.977. The van der Waals surface area contributed by atoms with Gasteiger partial charge in [-0.3, -0.25) is 19.9 Å². The molecule has 0 fully saturated rings. The van der Waals surface area contributed by atoms with Crippen molar-refractivity contribution in [2.24, 2.45) is 0 Å². The second-order valence-electron chi connectivity index (χ2n) is 5.48. The first-order valence-corrected chi connectivity index (χ1v) is 7.77. The number of carbonyl (C=O) groups is 1. The number of anilines is 2. The summed E-state index contributed by atoms with van der Waals surface area (Å²) in [4.78, 5) is 26.2. The molecule has 1 N–H and O–H groups in total. The van der Waals surface area contributed by atoms with Gasteiger partial charge in [0, 0.05) is 35.8 Å². The number of hydrogen-bond acceptors (Lipinski definition) is 6. The molecule has 1 aromatic heterocycles. The molecule has 0 saturated heterocycles. The van der Waals surface area contributed by atoms with Gasteiger partial charge in [-0.1, -0.05) is 6.07 Å². The number of benzene rings is 2. The highest BCUT2D eigenvalue weighted by Gasteiger charge is 2.16. The topological polar surface area (TPSA) is 94.4 Å². The maximum Gasteiger partial charge on any atom is 0.293 e. The Kier molecular flexibility index (Phi) is 4.89. The molecule has 0 atom stereocenters. The molecule has 1 heterocycles. The second-order valence-corrected chi connectivity index (χ2v) is 5.48. The van der Waals surface area contributed by atoms with Crippen LogP contribution in [0.3, 0.4) is 0 Å². The molecule has 7 heteroatoms. The normalized spacial score (nSPS) is 10.2. The smallest absolute Gasteiger partial charge is 0.293 e. The Labute approximate surface area is 149 Å². The van der Waals surface area contributed by atoms with Crippen LogP contribution in [0.5, 0.6) is 11.5 Å². The average Bonchev–Trinajstić information content (AvgIpc) is 2.63. The maximum absolute atomic E-state index is 11.4. The second kappa shape index (κ2) is 7.43. The minimum atomic E-state index is -0.522. The summed E-state index contributed by atoms with van der Waals surface area (Å²) in [6.07, 6.45) is 3.24. The molecular weight excluding hydrogens is 334 g/mol. The van der Waals surface area contributed by atoms with Crippen LogP contribution in [0.25, 0.3) is 0 Å². The van der Waals surface area contributed by atoms with Gasteiger partial charge in [0.1, 0.15) is 17.2 Å². The number of Topliss-reactive ketones (excluding diaryl/α,β-unsaturated/α-hetero) is 1. The van der Waals surface area contributed by atoms with Crippen LogP contribution in [0, 0.1) is 10.1 Å². The van der Waals surface area contributed by atoms with Gasteiger partial charge in [0.15, 0.2) is 5.78 Å². The third-order valence-electron chi connectivity index (χ3n) is 3.60. The molecule has 2 aromatic carbocycles. The van der Waals surface area contributed by atoms with Gasteiger partial charge in [0.2, 0.25) is 0 Å². The van der Waals surface area contributed by atoms with E-state index in [1.807, 2.05) is 0 Å². The third kappa shape index (κ3) is 4.02. The van der Waals surface area contributed by atoms with E-state index in [2.05, 4.69) is 10.3 Å². The molecule has 0 aliphatic rings. The summed E-state index contributed by atoms with van der Waals surface area (Å²) in [5, 5.41) is 14.3. The Morgan fingerprint density at radius 3 is 2.54 bits per heavy atom. The third-order valence-corrected chi connectivity index (χ3v) is 3.60. The van der Waals surface area contributed by atoms with Crippen LogP contribution in [-0.2, 0) is 0 Å². The first-order chi connectivity index (χ1) is 12.5. The fourth-order valence-electron chi connectivity index (χ4n) is 2.34. The summed E-state index contributed by atoms with van der Waals surface area (Å²) in [5.41, 5.74) is 1.03. The molecule has 7 nitrogen and oxygen atoms in total. The fraction of sp³-hybridized carbons (Fsp3) is 0.0526. The number of nitro benzene ring substituents is 1. The van der Waals surface area contributed by atoms with Gasteiger partial charge in [0.05, 0.1) is 4.92 Å². The van der Waals surface area contributed by atoms with Gasteiger partial charge in [-0.2, -0.15) is 0 Å². The summed E-state index contributed by atoms with van der Waals surface area (Å²) in [6, 6.07) is 14.8. The lowest BCUT2D eigenvalue weighted by Gasteiger charge is -2.10. The molecule has 3 rings (SSSR count). The molecule has 26 heavy (non-hydrogen) atoms. The molecule has 3 aromatic rings. The molecule has 0 aliphatic carbocycles. The lowest BCUT2D eigenvalue weighted by molar-refractivity contribution is -0.383. The number of nitro groups is 1. The largest absolute Gasteiger partial charge is 0.457 e. The number of hydrogen-bond donors (Lipinski definition) is 1. The zero-order chi connectivity index (χ0) is 18.5. The van der Waals surface area contributed by atoms with Crippen molar-refractivity contribution in [3.05, 3.63) is 82.7 Å². The average molecular weight is 349 g/mol. The number of pyridine rings is 1. The highest BCUT2D eigenvalue weighted by molar-refractivity contribution is 5.95. The highest BCUT2D eigenvalue weighted by atomic mass is 16.6. The van der Waals surface area contributed by atoms with E-state index < -0.39 is 4.92 Å². The van der Waals surface area contributed by atoms with Crippen molar-refractivity contribution in [2.75, 3.05) is 5.32 Å². The molecule has 130 valence electrons. The Morgan fingerprint density at radius 2 is 1.85 bits per heavy atom. The molecule has 0 amide bonds. The van der Waals surface area contributed by atoms with Crippen LogP contribution in [0.4, 0.5) is 17.1 Å². The Bertz CT molecular complexity index is 958.